The summed E-state index contributed by atoms with van der Waals surface area (Å²) in [5, 5.41) is 11.8. The highest BCUT2D eigenvalue weighted by atomic mass is 16.1. The van der Waals surface area contributed by atoms with E-state index < -0.39 is 0 Å². The Morgan fingerprint density at radius 2 is 2.00 bits per heavy atom. The third-order valence-corrected chi connectivity index (χ3v) is 3.56. The van der Waals surface area contributed by atoms with Gasteiger partial charge in [-0.25, -0.2) is 0 Å². The largest absolute Gasteiger partial charge is 0.361 e. The molecular formula is C16H12N4O. The van der Waals surface area contributed by atoms with Gasteiger partial charge in [0.05, 0.1) is 28.5 Å². The zero-order valence-corrected chi connectivity index (χ0v) is 11.1. The fourth-order valence-electron chi connectivity index (χ4n) is 2.54. The van der Waals surface area contributed by atoms with Crippen molar-refractivity contribution in [1.82, 2.24) is 15.2 Å². The number of H-pyrrole nitrogens is 2. The van der Waals surface area contributed by atoms with Crippen molar-refractivity contribution in [1.29, 1.82) is 0 Å². The number of aromatic amines is 2. The first-order valence-electron chi connectivity index (χ1n) is 6.62. The van der Waals surface area contributed by atoms with Gasteiger partial charge < -0.3 is 10.3 Å². The molecule has 4 aromatic rings. The second-order valence-corrected chi connectivity index (χ2v) is 4.84. The molecule has 4 rings (SSSR count). The third-order valence-electron chi connectivity index (χ3n) is 3.56. The lowest BCUT2D eigenvalue weighted by molar-refractivity contribution is 0.102. The number of benzene rings is 2. The van der Waals surface area contributed by atoms with Crippen LogP contribution in [0.15, 0.2) is 54.9 Å². The van der Waals surface area contributed by atoms with E-state index in [4.69, 9.17) is 0 Å². The molecule has 5 nitrogen and oxygen atoms in total. The standard InChI is InChI=1S/C16H12N4O/c21-16(11-4-1-3-10-7-8-17-15(10)11)19-13-5-2-6-14-12(13)9-18-20-14/h1-9,17H,(H,18,20)(H,19,21). The van der Waals surface area contributed by atoms with Crippen molar-refractivity contribution in [3.05, 3.63) is 60.4 Å². The number of hydrogen-bond acceptors (Lipinski definition) is 2. The number of nitrogens with one attached hydrogen (secondary N) is 3. The van der Waals surface area contributed by atoms with E-state index in [2.05, 4.69) is 20.5 Å². The first-order chi connectivity index (χ1) is 10.3. The highest BCUT2D eigenvalue weighted by Gasteiger charge is 2.12. The van der Waals surface area contributed by atoms with E-state index in [0.717, 1.165) is 27.5 Å². The number of hydrogen-bond donors (Lipinski definition) is 3. The Kier molecular flexibility index (Phi) is 2.50. The van der Waals surface area contributed by atoms with Crippen molar-refractivity contribution in [3.63, 3.8) is 0 Å². The molecule has 0 saturated heterocycles. The average Bonchev–Trinajstić information content (AvgIpc) is 3.15. The Morgan fingerprint density at radius 3 is 2.95 bits per heavy atom. The minimum Gasteiger partial charge on any atom is -0.361 e. The minimum atomic E-state index is -0.142. The Hall–Kier alpha value is -3.08. The van der Waals surface area contributed by atoms with Gasteiger partial charge in [-0.3, -0.25) is 9.89 Å². The van der Waals surface area contributed by atoms with Crippen LogP contribution >= 0.6 is 0 Å². The summed E-state index contributed by atoms with van der Waals surface area (Å²) in [6, 6.07) is 13.3. The number of carbonyl (C=O) groups excluding carboxylic acids is 1. The van der Waals surface area contributed by atoms with Gasteiger partial charge in [-0.1, -0.05) is 18.2 Å². The van der Waals surface area contributed by atoms with Gasteiger partial charge in [-0.05, 0) is 24.3 Å². The molecule has 102 valence electrons. The van der Waals surface area contributed by atoms with Gasteiger partial charge in [-0.15, -0.1) is 0 Å². The maximum absolute atomic E-state index is 12.5. The molecule has 0 fully saturated rings. The van der Waals surface area contributed by atoms with Gasteiger partial charge in [0.25, 0.3) is 5.91 Å². The van der Waals surface area contributed by atoms with Crippen LogP contribution in [0.5, 0.6) is 0 Å². The average molecular weight is 276 g/mol. The van der Waals surface area contributed by atoms with Crippen molar-refractivity contribution in [2.45, 2.75) is 0 Å². The van der Waals surface area contributed by atoms with Crippen molar-refractivity contribution in [2.75, 3.05) is 5.32 Å². The van der Waals surface area contributed by atoms with Crippen LogP contribution in [0.3, 0.4) is 0 Å². The summed E-state index contributed by atoms with van der Waals surface area (Å²) in [5.41, 5.74) is 3.10. The summed E-state index contributed by atoms with van der Waals surface area (Å²) in [4.78, 5) is 15.6. The number of rotatable bonds is 2. The number of carbonyl (C=O) groups is 1. The van der Waals surface area contributed by atoms with Crippen LogP contribution in [-0.2, 0) is 0 Å². The van der Waals surface area contributed by atoms with Crippen LogP contribution in [0.4, 0.5) is 5.69 Å². The van der Waals surface area contributed by atoms with Gasteiger partial charge in [-0.2, -0.15) is 5.10 Å². The van der Waals surface area contributed by atoms with Crippen LogP contribution in [0.1, 0.15) is 10.4 Å². The summed E-state index contributed by atoms with van der Waals surface area (Å²) in [7, 11) is 0. The topological polar surface area (TPSA) is 73.6 Å². The molecule has 0 unspecified atom stereocenters. The van der Waals surface area contributed by atoms with Gasteiger partial charge >= 0.3 is 0 Å². The molecule has 2 heterocycles. The highest BCUT2D eigenvalue weighted by Crippen LogP contribution is 2.23. The third kappa shape index (κ3) is 1.87. The van der Waals surface area contributed by atoms with Crippen molar-refractivity contribution >= 4 is 33.4 Å². The zero-order valence-electron chi connectivity index (χ0n) is 11.1. The number of para-hydroxylation sites is 1. The van der Waals surface area contributed by atoms with Gasteiger partial charge in [0.1, 0.15) is 0 Å². The van der Waals surface area contributed by atoms with Gasteiger partial charge in [0.15, 0.2) is 0 Å². The Labute approximate surface area is 120 Å². The smallest absolute Gasteiger partial charge is 0.257 e. The quantitative estimate of drug-likeness (QED) is 0.525. The molecule has 0 bridgehead atoms. The molecule has 0 aliphatic rings. The van der Waals surface area contributed by atoms with Crippen molar-refractivity contribution < 1.29 is 4.79 Å². The maximum Gasteiger partial charge on any atom is 0.257 e. The molecule has 2 aromatic carbocycles. The first-order valence-corrected chi connectivity index (χ1v) is 6.62. The van der Waals surface area contributed by atoms with Crippen molar-refractivity contribution in [3.8, 4) is 0 Å². The van der Waals surface area contributed by atoms with Crippen LogP contribution in [0, 0.1) is 0 Å². The molecule has 21 heavy (non-hydrogen) atoms. The van der Waals surface area contributed by atoms with E-state index in [1.807, 2.05) is 48.7 Å². The van der Waals surface area contributed by atoms with E-state index in [1.165, 1.54) is 0 Å². The van der Waals surface area contributed by atoms with E-state index >= 15 is 0 Å². The monoisotopic (exact) mass is 276 g/mol. The SMILES string of the molecule is O=C(Nc1cccc2[nH]ncc12)c1cccc2cc[nH]c12. The molecule has 1 amide bonds. The normalized spacial score (nSPS) is 11.0. The van der Waals surface area contributed by atoms with E-state index in [1.54, 1.807) is 6.20 Å². The Balaban J connectivity index is 1.76. The van der Waals surface area contributed by atoms with Gasteiger partial charge in [0, 0.05) is 17.0 Å². The Morgan fingerprint density at radius 1 is 1.10 bits per heavy atom. The van der Waals surface area contributed by atoms with Crippen LogP contribution < -0.4 is 5.32 Å². The Bertz CT molecular complexity index is 951. The van der Waals surface area contributed by atoms with E-state index in [9.17, 15) is 4.79 Å². The molecule has 0 aliphatic carbocycles. The molecule has 2 aromatic heterocycles. The second kappa shape index (κ2) is 4.49. The molecule has 0 aliphatic heterocycles. The second-order valence-electron chi connectivity index (χ2n) is 4.84. The summed E-state index contributed by atoms with van der Waals surface area (Å²) in [6.07, 6.45) is 3.54. The van der Waals surface area contributed by atoms with Crippen LogP contribution in [0.2, 0.25) is 0 Å². The number of fused-ring (bicyclic) bond motifs is 2. The molecule has 5 heteroatoms. The van der Waals surface area contributed by atoms with E-state index in [-0.39, 0.29) is 5.91 Å². The first kappa shape index (κ1) is 11.7. The van der Waals surface area contributed by atoms with Crippen molar-refractivity contribution in [2.24, 2.45) is 0 Å². The molecular weight excluding hydrogens is 264 g/mol. The lowest BCUT2D eigenvalue weighted by Gasteiger charge is -2.07. The number of anilines is 1. The number of aromatic nitrogens is 3. The maximum atomic E-state index is 12.5. The number of nitrogens with zero attached hydrogens (tertiary/aromatic N) is 1. The summed E-state index contributed by atoms with van der Waals surface area (Å²) < 4.78 is 0. The van der Waals surface area contributed by atoms with Gasteiger partial charge in [0.2, 0.25) is 0 Å². The molecule has 3 N–H and O–H groups in total. The molecule has 0 saturated carbocycles. The number of amides is 1. The molecule has 0 atom stereocenters. The molecule has 0 radical (unpaired) electrons. The predicted molar refractivity (Wildman–Crippen MR) is 82.3 cm³/mol. The predicted octanol–water partition coefficient (Wildman–Crippen LogP) is 3.30. The van der Waals surface area contributed by atoms with E-state index in [0.29, 0.717) is 5.56 Å². The molecule has 0 spiro atoms. The lowest BCUT2D eigenvalue weighted by atomic mass is 10.1. The fourth-order valence-corrected chi connectivity index (χ4v) is 2.54. The minimum absolute atomic E-state index is 0.142. The highest BCUT2D eigenvalue weighted by molar-refractivity contribution is 6.14. The van der Waals surface area contributed by atoms with Crippen LogP contribution in [-0.4, -0.2) is 21.1 Å². The lowest BCUT2D eigenvalue weighted by Crippen LogP contribution is -2.12. The summed E-state index contributed by atoms with van der Waals surface area (Å²) in [6.45, 7) is 0. The zero-order chi connectivity index (χ0) is 14.2. The van der Waals surface area contributed by atoms with Crippen LogP contribution in [0.25, 0.3) is 21.8 Å². The summed E-state index contributed by atoms with van der Waals surface area (Å²) in [5.74, 6) is -0.142. The summed E-state index contributed by atoms with van der Waals surface area (Å²) >= 11 is 0. The fraction of sp³-hybridized carbons (Fsp3) is 0.